The van der Waals surface area contributed by atoms with Gasteiger partial charge >= 0.3 is 0 Å². The van der Waals surface area contributed by atoms with Crippen molar-refractivity contribution in [3.05, 3.63) is 22.4 Å². The van der Waals surface area contributed by atoms with Crippen molar-refractivity contribution in [3.8, 4) is 0 Å². The van der Waals surface area contributed by atoms with E-state index in [0.29, 0.717) is 19.2 Å². The first-order valence-corrected chi connectivity index (χ1v) is 9.40. The second-order valence-electron chi connectivity index (χ2n) is 6.11. The highest BCUT2D eigenvalue weighted by Crippen LogP contribution is 2.50. The fourth-order valence-electron chi connectivity index (χ4n) is 3.41. The van der Waals surface area contributed by atoms with E-state index in [4.69, 9.17) is 27.9 Å². The fraction of sp³-hybridized carbons (Fsp3) is 0.643. The Morgan fingerprint density at radius 1 is 1.32 bits per heavy atom. The van der Waals surface area contributed by atoms with Gasteiger partial charge < -0.3 is 4.74 Å². The Bertz CT molecular complexity index is 665. The van der Waals surface area contributed by atoms with Gasteiger partial charge in [0.2, 0.25) is 10.0 Å². The molecule has 1 saturated carbocycles. The SMILES string of the molecule is COC1CC2(CCN(S(=O)(=O)c3cc(Cl)cnc3Cl)CC2)C1. The third-order valence-corrected chi connectivity index (χ3v) is 7.36. The Hall–Kier alpha value is -0.400. The van der Waals surface area contributed by atoms with Crippen molar-refractivity contribution in [1.29, 1.82) is 0 Å². The molecule has 0 amide bonds. The van der Waals surface area contributed by atoms with Crippen LogP contribution in [0.5, 0.6) is 0 Å². The molecule has 1 saturated heterocycles. The largest absolute Gasteiger partial charge is 0.381 e. The van der Waals surface area contributed by atoms with Crippen molar-refractivity contribution < 1.29 is 13.2 Å². The minimum atomic E-state index is -3.65. The summed E-state index contributed by atoms with van der Waals surface area (Å²) in [5.74, 6) is 0. The van der Waals surface area contributed by atoms with Crippen molar-refractivity contribution in [2.45, 2.75) is 36.7 Å². The molecule has 3 rings (SSSR count). The summed E-state index contributed by atoms with van der Waals surface area (Å²) >= 11 is 11.8. The van der Waals surface area contributed by atoms with Gasteiger partial charge in [-0.2, -0.15) is 4.31 Å². The third-order valence-electron chi connectivity index (χ3n) is 4.83. The van der Waals surface area contributed by atoms with Crippen LogP contribution in [-0.4, -0.2) is 44.0 Å². The Balaban J connectivity index is 1.74. The second-order valence-corrected chi connectivity index (χ2v) is 8.81. The Labute approximate surface area is 140 Å². The van der Waals surface area contributed by atoms with E-state index in [2.05, 4.69) is 4.98 Å². The number of hydrogen-bond donors (Lipinski definition) is 0. The van der Waals surface area contributed by atoms with E-state index < -0.39 is 10.0 Å². The minimum absolute atomic E-state index is 0.0130. The Morgan fingerprint density at radius 3 is 2.55 bits per heavy atom. The number of halogens is 2. The number of pyridine rings is 1. The minimum Gasteiger partial charge on any atom is -0.381 e. The van der Waals surface area contributed by atoms with E-state index in [9.17, 15) is 8.42 Å². The summed E-state index contributed by atoms with van der Waals surface area (Å²) in [5, 5.41) is 0.228. The van der Waals surface area contributed by atoms with E-state index in [0.717, 1.165) is 25.7 Å². The smallest absolute Gasteiger partial charge is 0.246 e. The van der Waals surface area contributed by atoms with Crippen LogP contribution >= 0.6 is 23.2 Å². The first-order chi connectivity index (χ1) is 10.4. The van der Waals surface area contributed by atoms with Gasteiger partial charge in [0.25, 0.3) is 0 Å². The van der Waals surface area contributed by atoms with Crippen LogP contribution in [0.1, 0.15) is 25.7 Å². The first kappa shape index (κ1) is 16.5. The average molecular weight is 365 g/mol. The van der Waals surface area contributed by atoms with E-state index in [1.807, 2.05) is 0 Å². The van der Waals surface area contributed by atoms with Crippen LogP contribution in [-0.2, 0) is 14.8 Å². The number of sulfonamides is 1. The molecule has 122 valence electrons. The van der Waals surface area contributed by atoms with Crippen LogP contribution in [0.2, 0.25) is 10.2 Å². The molecule has 5 nitrogen and oxygen atoms in total. The summed E-state index contributed by atoms with van der Waals surface area (Å²) in [5.41, 5.74) is 0.253. The quantitative estimate of drug-likeness (QED) is 0.773. The number of piperidine rings is 1. The van der Waals surface area contributed by atoms with Gasteiger partial charge in [0.15, 0.2) is 0 Å². The van der Waals surface area contributed by atoms with Gasteiger partial charge in [-0.1, -0.05) is 23.2 Å². The molecular weight excluding hydrogens is 347 g/mol. The molecule has 0 atom stereocenters. The first-order valence-electron chi connectivity index (χ1n) is 7.20. The molecule has 1 aliphatic carbocycles. The van der Waals surface area contributed by atoms with Gasteiger partial charge in [-0.3, -0.25) is 0 Å². The van der Waals surface area contributed by atoms with E-state index in [1.54, 1.807) is 7.11 Å². The lowest BCUT2D eigenvalue weighted by Crippen LogP contribution is -2.50. The standard InChI is InChI=1S/C14H18Cl2N2O3S/c1-21-11-7-14(8-11)2-4-18(5-3-14)22(19,20)12-6-10(15)9-17-13(12)16/h6,9,11H,2-5,7-8H2,1H3. The molecule has 2 aliphatic rings. The topological polar surface area (TPSA) is 59.5 Å². The molecule has 0 unspecified atom stereocenters. The molecule has 0 N–H and O–H groups in total. The predicted octanol–water partition coefficient (Wildman–Crippen LogP) is 2.97. The van der Waals surface area contributed by atoms with Gasteiger partial charge in [-0.15, -0.1) is 0 Å². The van der Waals surface area contributed by atoms with Crippen LogP contribution in [0.4, 0.5) is 0 Å². The van der Waals surface area contributed by atoms with Crippen LogP contribution in [0.3, 0.4) is 0 Å². The highest BCUT2D eigenvalue weighted by atomic mass is 35.5. The zero-order chi connectivity index (χ0) is 16.0. The monoisotopic (exact) mass is 364 g/mol. The Morgan fingerprint density at radius 2 is 1.95 bits per heavy atom. The number of aromatic nitrogens is 1. The number of nitrogens with zero attached hydrogens (tertiary/aromatic N) is 2. The molecule has 1 spiro atoms. The highest BCUT2D eigenvalue weighted by Gasteiger charge is 2.47. The lowest BCUT2D eigenvalue weighted by atomic mass is 9.62. The summed E-state index contributed by atoms with van der Waals surface area (Å²) in [6.07, 6.45) is 5.44. The van der Waals surface area contributed by atoms with Crippen LogP contribution in [0.15, 0.2) is 17.2 Å². The van der Waals surface area contributed by atoms with Gasteiger partial charge in [0.05, 0.1) is 11.1 Å². The fourth-order valence-corrected chi connectivity index (χ4v) is 5.51. The average Bonchev–Trinajstić information content (AvgIpc) is 2.47. The zero-order valence-corrected chi connectivity index (χ0v) is 14.6. The summed E-state index contributed by atoms with van der Waals surface area (Å²) < 4.78 is 32.3. The van der Waals surface area contributed by atoms with Crippen molar-refractivity contribution in [2.75, 3.05) is 20.2 Å². The maximum Gasteiger partial charge on any atom is 0.246 e. The molecule has 1 aromatic heterocycles. The van der Waals surface area contributed by atoms with Crippen molar-refractivity contribution in [2.24, 2.45) is 5.41 Å². The summed E-state index contributed by atoms with van der Waals surface area (Å²) in [6.45, 7) is 1.00. The molecule has 2 fully saturated rings. The van der Waals surface area contributed by atoms with Crippen molar-refractivity contribution in [3.63, 3.8) is 0 Å². The molecule has 0 aromatic carbocycles. The lowest BCUT2D eigenvalue weighted by Gasteiger charge is -2.51. The van der Waals surface area contributed by atoms with Gasteiger partial charge in [0, 0.05) is 26.4 Å². The molecule has 1 aliphatic heterocycles. The molecule has 0 bridgehead atoms. The normalized spacial score (nSPS) is 22.7. The van der Waals surface area contributed by atoms with Crippen molar-refractivity contribution in [1.82, 2.24) is 9.29 Å². The predicted molar refractivity (Wildman–Crippen MR) is 84.7 cm³/mol. The highest BCUT2D eigenvalue weighted by molar-refractivity contribution is 7.89. The lowest BCUT2D eigenvalue weighted by molar-refractivity contribution is -0.0804. The molecule has 2 heterocycles. The Kier molecular flexibility index (Phi) is 4.42. The van der Waals surface area contributed by atoms with Crippen LogP contribution in [0.25, 0.3) is 0 Å². The summed E-state index contributed by atoms with van der Waals surface area (Å²) in [4.78, 5) is 3.81. The number of methoxy groups -OCH3 is 1. The van der Waals surface area contributed by atoms with Crippen LogP contribution in [0, 0.1) is 5.41 Å². The summed E-state index contributed by atoms with van der Waals surface area (Å²) in [7, 11) is -1.92. The number of rotatable bonds is 3. The second kappa shape index (κ2) is 5.91. The van der Waals surface area contributed by atoms with E-state index in [-0.39, 0.29) is 20.5 Å². The molecular formula is C14H18Cl2N2O3S. The third kappa shape index (κ3) is 2.87. The van der Waals surface area contributed by atoms with Crippen molar-refractivity contribution >= 4 is 33.2 Å². The van der Waals surface area contributed by atoms with Gasteiger partial charge in [-0.05, 0) is 37.2 Å². The molecule has 1 aromatic rings. The maximum absolute atomic E-state index is 12.7. The molecule has 0 radical (unpaired) electrons. The van der Waals surface area contributed by atoms with Gasteiger partial charge in [0.1, 0.15) is 10.0 Å². The molecule has 8 heteroatoms. The maximum atomic E-state index is 12.7. The zero-order valence-electron chi connectivity index (χ0n) is 12.3. The van der Waals surface area contributed by atoms with E-state index in [1.165, 1.54) is 16.6 Å². The molecule has 22 heavy (non-hydrogen) atoms. The summed E-state index contributed by atoms with van der Waals surface area (Å²) in [6, 6.07) is 1.36. The van der Waals surface area contributed by atoms with Crippen LogP contribution < -0.4 is 0 Å². The van der Waals surface area contributed by atoms with E-state index >= 15 is 0 Å². The number of hydrogen-bond acceptors (Lipinski definition) is 4. The van der Waals surface area contributed by atoms with Gasteiger partial charge in [-0.25, -0.2) is 13.4 Å². The number of ether oxygens (including phenoxy) is 1.